The van der Waals surface area contributed by atoms with Crippen molar-refractivity contribution in [1.29, 1.82) is 0 Å². The summed E-state index contributed by atoms with van der Waals surface area (Å²) in [7, 11) is 0. The van der Waals surface area contributed by atoms with Crippen molar-refractivity contribution in [3.63, 3.8) is 0 Å². The van der Waals surface area contributed by atoms with Crippen LogP contribution in [0.25, 0.3) is 0 Å². The van der Waals surface area contributed by atoms with Gasteiger partial charge in [-0.15, -0.1) is 0 Å². The van der Waals surface area contributed by atoms with Gasteiger partial charge in [-0.05, 0) is 23.3 Å². The maximum Gasteiger partial charge on any atom is 0.253 e. The van der Waals surface area contributed by atoms with Crippen LogP contribution < -0.4 is 10.7 Å². The molecule has 0 bridgehead atoms. The second-order valence-corrected chi connectivity index (χ2v) is 6.46. The highest BCUT2D eigenvalue weighted by Crippen LogP contribution is 2.29. The van der Waals surface area contributed by atoms with Crippen molar-refractivity contribution in [2.75, 3.05) is 6.54 Å². The fraction of sp³-hybridized carbons (Fsp3) is 0.167. The molecule has 128 valence electrons. The third kappa shape index (κ3) is 4.00. The van der Waals surface area contributed by atoms with Crippen LogP contribution in [-0.4, -0.2) is 24.6 Å². The quantitative estimate of drug-likeness (QED) is 0.489. The smallest absolute Gasteiger partial charge is 0.253 e. The van der Waals surface area contributed by atoms with E-state index in [0.717, 1.165) is 5.56 Å². The van der Waals surface area contributed by atoms with E-state index in [1.807, 2.05) is 30.3 Å². The zero-order valence-corrected chi connectivity index (χ0v) is 14.6. The lowest BCUT2D eigenvalue weighted by molar-refractivity contribution is -0.133. The summed E-state index contributed by atoms with van der Waals surface area (Å²) in [6.07, 6.45) is 1.45. The van der Waals surface area contributed by atoms with Crippen LogP contribution in [0.5, 0.6) is 0 Å². The fourth-order valence-electron chi connectivity index (χ4n) is 2.77. The van der Waals surface area contributed by atoms with E-state index in [0.29, 0.717) is 22.2 Å². The van der Waals surface area contributed by atoms with Crippen LogP contribution in [0, 0.1) is 5.92 Å². The topological polar surface area (TPSA) is 70.6 Å². The zero-order valence-electron chi connectivity index (χ0n) is 13.1. The Hall–Kier alpha value is -2.37. The van der Waals surface area contributed by atoms with Crippen molar-refractivity contribution < 1.29 is 9.59 Å². The first kappa shape index (κ1) is 17.5. The summed E-state index contributed by atoms with van der Waals surface area (Å²) < 4.78 is 0. The zero-order chi connectivity index (χ0) is 17.8. The van der Waals surface area contributed by atoms with Crippen molar-refractivity contribution >= 4 is 41.2 Å². The molecule has 7 heteroatoms. The molecule has 1 heterocycles. The van der Waals surface area contributed by atoms with Crippen molar-refractivity contribution in [3.8, 4) is 0 Å². The molecule has 5 nitrogen and oxygen atoms in total. The number of hydrogen-bond acceptors (Lipinski definition) is 3. The predicted molar refractivity (Wildman–Crippen MR) is 97.9 cm³/mol. The van der Waals surface area contributed by atoms with Crippen molar-refractivity contribution in [1.82, 2.24) is 10.7 Å². The van der Waals surface area contributed by atoms with Crippen molar-refractivity contribution in [2.45, 2.75) is 5.92 Å². The molecule has 2 aromatic rings. The van der Waals surface area contributed by atoms with Crippen molar-refractivity contribution in [3.05, 3.63) is 69.7 Å². The summed E-state index contributed by atoms with van der Waals surface area (Å²) >= 11 is 11.8. The molecule has 0 aromatic heterocycles. The molecule has 1 aliphatic rings. The van der Waals surface area contributed by atoms with Gasteiger partial charge in [0.05, 0.1) is 16.3 Å². The molecule has 3 rings (SSSR count). The number of rotatable bonds is 4. The molecule has 2 amide bonds. The number of benzene rings is 2. The van der Waals surface area contributed by atoms with Gasteiger partial charge in [0, 0.05) is 12.5 Å². The van der Waals surface area contributed by atoms with Crippen LogP contribution in [-0.2, 0) is 9.59 Å². The number of nitrogens with zero attached hydrogens (tertiary/aromatic N) is 1. The summed E-state index contributed by atoms with van der Waals surface area (Å²) in [6, 6.07) is 14.5. The van der Waals surface area contributed by atoms with Gasteiger partial charge in [-0.25, -0.2) is 5.43 Å². The monoisotopic (exact) mass is 375 g/mol. The number of amides is 2. The second-order valence-electron chi connectivity index (χ2n) is 5.65. The Morgan fingerprint density at radius 1 is 1.16 bits per heavy atom. The SMILES string of the molecule is O=C1NCC(c2ccccc2)C1C(=O)N/N=C\c1ccc(Cl)c(Cl)c1. The number of hydrogen-bond donors (Lipinski definition) is 2. The first-order chi connectivity index (χ1) is 12.1. The van der Waals surface area contributed by atoms with E-state index in [9.17, 15) is 9.59 Å². The number of carbonyl (C=O) groups is 2. The largest absolute Gasteiger partial charge is 0.355 e. The van der Waals surface area contributed by atoms with Gasteiger partial charge in [0.2, 0.25) is 5.91 Å². The third-order valence-corrected chi connectivity index (χ3v) is 4.76. The van der Waals surface area contributed by atoms with Gasteiger partial charge in [-0.3, -0.25) is 9.59 Å². The van der Waals surface area contributed by atoms with E-state index in [1.165, 1.54) is 6.21 Å². The summed E-state index contributed by atoms with van der Waals surface area (Å²) in [5.74, 6) is -1.77. The third-order valence-electron chi connectivity index (χ3n) is 4.02. The standard InChI is InChI=1S/C18H15Cl2N3O2/c19-14-7-6-11(8-15(14)20)9-22-23-18(25)16-13(10-21-17(16)24)12-4-2-1-3-5-12/h1-9,13,16H,10H2,(H,21,24)(H,23,25)/b22-9-. The van der Waals surface area contributed by atoms with Crippen LogP contribution in [0.15, 0.2) is 53.6 Å². The number of nitrogens with one attached hydrogen (secondary N) is 2. The Morgan fingerprint density at radius 3 is 2.64 bits per heavy atom. The van der Waals surface area contributed by atoms with Gasteiger partial charge < -0.3 is 5.32 Å². The van der Waals surface area contributed by atoms with Crippen LogP contribution >= 0.6 is 23.2 Å². The maximum absolute atomic E-state index is 12.4. The second kappa shape index (κ2) is 7.68. The van der Waals surface area contributed by atoms with Gasteiger partial charge in [0.1, 0.15) is 5.92 Å². The van der Waals surface area contributed by atoms with E-state index in [1.54, 1.807) is 18.2 Å². The first-order valence-corrected chi connectivity index (χ1v) is 8.42. The lowest BCUT2D eigenvalue weighted by Crippen LogP contribution is -2.34. The minimum atomic E-state index is -0.812. The van der Waals surface area contributed by atoms with Crippen LogP contribution in [0.3, 0.4) is 0 Å². The first-order valence-electron chi connectivity index (χ1n) is 7.67. The van der Waals surface area contributed by atoms with Crippen LogP contribution in [0.4, 0.5) is 0 Å². The Morgan fingerprint density at radius 2 is 1.92 bits per heavy atom. The summed E-state index contributed by atoms with van der Waals surface area (Å²) in [5, 5.41) is 7.49. The molecule has 2 N–H and O–H groups in total. The molecule has 25 heavy (non-hydrogen) atoms. The molecular formula is C18H15Cl2N3O2. The number of halogens is 2. The predicted octanol–water partition coefficient (Wildman–Crippen LogP) is 2.97. The van der Waals surface area contributed by atoms with Crippen LogP contribution in [0.1, 0.15) is 17.0 Å². The molecule has 0 aliphatic carbocycles. The Labute approximate surface area is 155 Å². The van der Waals surface area contributed by atoms with E-state index in [-0.39, 0.29) is 11.8 Å². The summed E-state index contributed by atoms with van der Waals surface area (Å²) in [6.45, 7) is 0.428. The molecule has 0 saturated carbocycles. The van der Waals surface area contributed by atoms with Gasteiger partial charge in [-0.1, -0.05) is 59.6 Å². The van der Waals surface area contributed by atoms with Gasteiger partial charge in [0.25, 0.3) is 5.91 Å². The Balaban J connectivity index is 1.69. The highest BCUT2D eigenvalue weighted by atomic mass is 35.5. The lowest BCUT2D eigenvalue weighted by atomic mass is 9.88. The number of carbonyl (C=O) groups excluding carboxylic acids is 2. The van der Waals surface area contributed by atoms with E-state index in [2.05, 4.69) is 15.8 Å². The van der Waals surface area contributed by atoms with Crippen molar-refractivity contribution in [2.24, 2.45) is 11.0 Å². The highest BCUT2D eigenvalue weighted by molar-refractivity contribution is 6.42. The van der Waals surface area contributed by atoms with Gasteiger partial charge >= 0.3 is 0 Å². The highest BCUT2D eigenvalue weighted by Gasteiger charge is 2.40. The average Bonchev–Trinajstić information content (AvgIpc) is 3.00. The van der Waals surface area contributed by atoms with Gasteiger partial charge in [0.15, 0.2) is 0 Å². The molecule has 1 aliphatic heterocycles. The van der Waals surface area contributed by atoms with Gasteiger partial charge in [-0.2, -0.15) is 5.10 Å². The molecule has 1 saturated heterocycles. The average molecular weight is 376 g/mol. The molecule has 2 atom stereocenters. The van der Waals surface area contributed by atoms with E-state index >= 15 is 0 Å². The fourth-order valence-corrected chi connectivity index (χ4v) is 3.07. The number of hydrazone groups is 1. The summed E-state index contributed by atoms with van der Waals surface area (Å²) in [5.41, 5.74) is 4.06. The van der Waals surface area contributed by atoms with E-state index in [4.69, 9.17) is 23.2 Å². The Bertz CT molecular complexity index is 824. The summed E-state index contributed by atoms with van der Waals surface area (Å²) in [4.78, 5) is 24.5. The van der Waals surface area contributed by atoms with E-state index < -0.39 is 11.8 Å². The molecule has 0 spiro atoms. The molecule has 2 unspecified atom stereocenters. The molecule has 2 aromatic carbocycles. The Kier molecular flexibility index (Phi) is 5.36. The molecule has 0 radical (unpaired) electrons. The minimum absolute atomic E-state index is 0.214. The molecular weight excluding hydrogens is 361 g/mol. The maximum atomic E-state index is 12.4. The normalized spacial score (nSPS) is 19.8. The van der Waals surface area contributed by atoms with Crippen LogP contribution in [0.2, 0.25) is 10.0 Å². The molecule has 1 fully saturated rings. The minimum Gasteiger partial charge on any atom is -0.355 e. The lowest BCUT2D eigenvalue weighted by Gasteiger charge is -2.15.